The van der Waals surface area contributed by atoms with Gasteiger partial charge < -0.3 is 30.3 Å². The van der Waals surface area contributed by atoms with Gasteiger partial charge in [-0.05, 0) is 25.0 Å². The van der Waals surface area contributed by atoms with E-state index in [9.17, 15) is 14.4 Å². The fraction of sp³-hybridized carbons (Fsp3) is 0.526. The van der Waals surface area contributed by atoms with E-state index in [0.717, 1.165) is 0 Å². The summed E-state index contributed by atoms with van der Waals surface area (Å²) in [4.78, 5) is 39.5. The molecule has 0 aromatic heterocycles. The number of rotatable bonds is 5. The number of primary amides is 1. The minimum atomic E-state index is -0.313. The Morgan fingerprint density at radius 1 is 1.14 bits per heavy atom. The summed E-state index contributed by atoms with van der Waals surface area (Å²) in [5.74, 6) is 0.578. The second-order valence-corrected chi connectivity index (χ2v) is 7.06. The molecule has 1 atom stereocenters. The van der Waals surface area contributed by atoms with Crippen LogP contribution in [0.2, 0.25) is 0 Å². The lowest BCUT2D eigenvalue weighted by atomic mass is 9.96. The molecule has 0 spiro atoms. The fourth-order valence-electron chi connectivity index (χ4n) is 3.68. The second kappa shape index (κ2) is 8.37. The van der Waals surface area contributed by atoms with E-state index >= 15 is 0 Å². The van der Waals surface area contributed by atoms with Crippen molar-refractivity contribution >= 4 is 23.5 Å². The Kier molecular flexibility index (Phi) is 5.91. The van der Waals surface area contributed by atoms with Gasteiger partial charge >= 0.3 is 6.03 Å². The molecule has 1 aromatic carbocycles. The van der Waals surface area contributed by atoms with Gasteiger partial charge in [0.25, 0.3) is 0 Å². The maximum absolute atomic E-state index is 12.5. The van der Waals surface area contributed by atoms with Crippen LogP contribution >= 0.6 is 0 Å². The third-order valence-electron chi connectivity index (χ3n) is 5.32. The van der Waals surface area contributed by atoms with Crippen molar-refractivity contribution in [1.29, 1.82) is 0 Å². The largest absolute Gasteiger partial charge is 0.493 e. The van der Waals surface area contributed by atoms with E-state index < -0.39 is 0 Å². The molecule has 0 bridgehead atoms. The number of urea groups is 1. The molecule has 0 saturated carbocycles. The van der Waals surface area contributed by atoms with Gasteiger partial charge in [-0.25, -0.2) is 4.79 Å². The molecule has 152 valence electrons. The summed E-state index contributed by atoms with van der Waals surface area (Å²) in [7, 11) is 3.09. The summed E-state index contributed by atoms with van der Waals surface area (Å²) in [5.41, 5.74) is 6.02. The first-order chi connectivity index (χ1) is 13.4. The van der Waals surface area contributed by atoms with Gasteiger partial charge in [0.2, 0.25) is 11.8 Å². The number of carbonyl (C=O) groups is 3. The molecule has 0 aliphatic carbocycles. The van der Waals surface area contributed by atoms with E-state index in [1.807, 2.05) is 0 Å². The van der Waals surface area contributed by atoms with E-state index in [4.69, 9.17) is 15.2 Å². The number of anilines is 1. The average molecular weight is 390 g/mol. The number of nitrogens with zero attached hydrogens (tertiary/aromatic N) is 2. The summed E-state index contributed by atoms with van der Waals surface area (Å²) >= 11 is 0. The van der Waals surface area contributed by atoms with Gasteiger partial charge in [-0.2, -0.15) is 0 Å². The Bertz CT molecular complexity index is 761. The van der Waals surface area contributed by atoms with Gasteiger partial charge in [0, 0.05) is 43.7 Å². The molecule has 9 heteroatoms. The lowest BCUT2D eigenvalue weighted by molar-refractivity contribution is -0.123. The smallest absolute Gasteiger partial charge is 0.317 e. The van der Waals surface area contributed by atoms with E-state index in [2.05, 4.69) is 5.32 Å². The molecule has 2 aliphatic rings. The minimum absolute atomic E-state index is 0.0649. The van der Waals surface area contributed by atoms with Crippen LogP contribution < -0.4 is 25.4 Å². The lowest BCUT2D eigenvalue weighted by Gasteiger charge is -2.31. The highest BCUT2D eigenvalue weighted by atomic mass is 16.5. The number of nitrogens with one attached hydrogen (secondary N) is 1. The van der Waals surface area contributed by atoms with Gasteiger partial charge in [0.1, 0.15) is 0 Å². The number of hydrogen-bond acceptors (Lipinski definition) is 5. The zero-order valence-corrected chi connectivity index (χ0v) is 16.1. The van der Waals surface area contributed by atoms with Gasteiger partial charge in [-0.3, -0.25) is 9.59 Å². The Labute approximate surface area is 163 Å². The summed E-state index contributed by atoms with van der Waals surface area (Å²) < 4.78 is 10.5. The van der Waals surface area contributed by atoms with Crippen LogP contribution in [0, 0.1) is 5.92 Å². The number of amides is 4. The number of nitrogens with two attached hydrogens (primary N) is 1. The molecule has 2 aliphatic heterocycles. The van der Waals surface area contributed by atoms with E-state index in [0.29, 0.717) is 49.7 Å². The molecule has 3 N–H and O–H groups in total. The number of likely N-dealkylation sites (tertiary alicyclic amines) is 1. The molecule has 2 fully saturated rings. The van der Waals surface area contributed by atoms with Gasteiger partial charge in [0.15, 0.2) is 11.5 Å². The van der Waals surface area contributed by atoms with Gasteiger partial charge in [-0.15, -0.1) is 0 Å². The van der Waals surface area contributed by atoms with Crippen molar-refractivity contribution in [3.05, 3.63) is 18.2 Å². The topological polar surface area (TPSA) is 114 Å². The molecule has 1 aromatic rings. The van der Waals surface area contributed by atoms with Crippen LogP contribution in [0.15, 0.2) is 18.2 Å². The summed E-state index contributed by atoms with van der Waals surface area (Å²) in [6.07, 6.45) is 1.38. The normalized spacial score (nSPS) is 20.2. The van der Waals surface area contributed by atoms with Crippen molar-refractivity contribution in [2.45, 2.75) is 25.3 Å². The van der Waals surface area contributed by atoms with Crippen LogP contribution in [0.25, 0.3) is 0 Å². The SMILES string of the molecule is COc1ccc(N2CC(NC(=O)N3CCC(C(N)=O)CC3)CC2=O)cc1OC. The first-order valence-corrected chi connectivity index (χ1v) is 9.30. The molecule has 2 saturated heterocycles. The van der Waals surface area contributed by atoms with E-state index in [1.54, 1.807) is 35.1 Å². The van der Waals surface area contributed by atoms with Crippen LogP contribution in [0.4, 0.5) is 10.5 Å². The van der Waals surface area contributed by atoms with Crippen LogP contribution in [0.1, 0.15) is 19.3 Å². The number of carbonyl (C=O) groups excluding carboxylic acids is 3. The highest BCUT2D eigenvalue weighted by Crippen LogP contribution is 2.33. The zero-order chi connectivity index (χ0) is 20.3. The standard InChI is InChI=1S/C19H26N4O5/c1-27-15-4-3-14(10-16(15)28-2)23-11-13(9-17(23)24)21-19(26)22-7-5-12(6-8-22)18(20)25/h3-4,10,12-13H,5-9,11H2,1-2H3,(H2,20,25)(H,21,26). The van der Waals surface area contributed by atoms with Crippen molar-refractivity contribution in [2.75, 3.05) is 38.8 Å². The van der Waals surface area contributed by atoms with E-state index in [1.165, 1.54) is 7.11 Å². The molecule has 9 nitrogen and oxygen atoms in total. The third-order valence-corrected chi connectivity index (χ3v) is 5.32. The number of piperidine rings is 1. The van der Waals surface area contributed by atoms with Crippen LogP contribution in [-0.4, -0.2) is 62.6 Å². The molecule has 3 rings (SSSR count). The molecule has 28 heavy (non-hydrogen) atoms. The Hall–Kier alpha value is -2.97. The number of methoxy groups -OCH3 is 2. The third kappa shape index (κ3) is 4.13. The van der Waals surface area contributed by atoms with Crippen LogP contribution in [-0.2, 0) is 9.59 Å². The molecule has 1 unspecified atom stereocenters. The quantitative estimate of drug-likeness (QED) is 0.769. The second-order valence-electron chi connectivity index (χ2n) is 7.06. The number of ether oxygens (including phenoxy) is 2. The monoisotopic (exact) mass is 390 g/mol. The lowest BCUT2D eigenvalue weighted by Crippen LogP contribution is -2.49. The van der Waals surface area contributed by atoms with E-state index in [-0.39, 0.29) is 36.2 Å². The molecular formula is C19H26N4O5. The molecular weight excluding hydrogens is 364 g/mol. The summed E-state index contributed by atoms with van der Waals surface area (Å²) in [6, 6.07) is 4.79. The molecule has 0 radical (unpaired) electrons. The highest BCUT2D eigenvalue weighted by molar-refractivity contribution is 5.97. The van der Waals surface area contributed by atoms with Crippen LogP contribution in [0.5, 0.6) is 11.5 Å². The first-order valence-electron chi connectivity index (χ1n) is 9.30. The van der Waals surface area contributed by atoms with Crippen molar-refractivity contribution in [3.8, 4) is 11.5 Å². The first kappa shape index (κ1) is 19.8. The number of hydrogen-bond donors (Lipinski definition) is 2. The zero-order valence-electron chi connectivity index (χ0n) is 16.1. The fourth-order valence-corrected chi connectivity index (χ4v) is 3.68. The van der Waals surface area contributed by atoms with Gasteiger partial charge in [0.05, 0.1) is 20.3 Å². The van der Waals surface area contributed by atoms with Crippen molar-refractivity contribution in [3.63, 3.8) is 0 Å². The minimum Gasteiger partial charge on any atom is -0.493 e. The van der Waals surface area contributed by atoms with Crippen molar-refractivity contribution in [2.24, 2.45) is 11.7 Å². The van der Waals surface area contributed by atoms with Gasteiger partial charge in [-0.1, -0.05) is 0 Å². The molecule has 2 heterocycles. The average Bonchev–Trinajstić information content (AvgIpc) is 3.07. The number of benzene rings is 1. The maximum Gasteiger partial charge on any atom is 0.317 e. The summed E-state index contributed by atoms with van der Waals surface area (Å²) in [5, 5.41) is 2.93. The predicted octanol–water partition coefficient (Wildman–Crippen LogP) is 0.716. The summed E-state index contributed by atoms with van der Waals surface area (Å²) in [6.45, 7) is 1.36. The maximum atomic E-state index is 12.5. The van der Waals surface area contributed by atoms with Crippen LogP contribution in [0.3, 0.4) is 0 Å². The van der Waals surface area contributed by atoms with Crippen molar-refractivity contribution in [1.82, 2.24) is 10.2 Å². The highest BCUT2D eigenvalue weighted by Gasteiger charge is 2.34. The molecule has 4 amide bonds. The Morgan fingerprint density at radius 3 is 2.43 bits per heavy atom. The van der Waals surface area contributed by atoms with Crippen molar-refractivity contribution < 1.29 is 23.9 Å². The predicted molar refractivity (Wildman–Crippen MR) is 102 cm³/mol. The Balaban J connectivity index is 1.59. The Morgan fingerprint density at radius 2 is 1.82 bits per heavy atom.